The number of hydrogen-bond acceptors (Lipinski definition) is 3. The lowest BCUT2D eigenvalue weighted by molar-refractivity contribution is -0.0163. The van der Waals surface area contributed by atoms with Gasteiger partial charge in [0.15, 0.2) is 5.96 Å². The molecule has 7 heteroatoms. The molecule has 0 spiro atoms. The number of benzene rings is 1. The Hall–Kier alpha value is -0.380. The van der Waals surface area contributed by atoms with E-state index in [2.05, 4.69) is 61.3 Å². The minimum Gasteiger partial charge on any atom is -0.374 e. The SMILES string of the molecule is CN=C(NCC1CN(C)CCO1)N(C)Cc1ccccc1Br.I. The molecule has 0 bridgehead atoms. The number of morpholine rings is 1. The second kappa shape index (κ2) is 10.5. The highest BCUT2D eigenvalue weighted by Crippen LogP contribution is 2.17. The molecule has 1 aliphatic rings. The Morgan fingerprint density at radius 2 is 2.22 bits per heavy atom. The first kappa shape index (κ1) is 20.7. The van der Waals surface area contributed by atoms with Gasteiger partial charge in [-0.15, -0.1) is 24.0 Å². The van der Waals surface area contributed by atoms with Gasteiger partial charge in [0.2, 0.25) is 0 Å². The van der Waals surface area contributed by atoms with Crippen LogP contribution in [0.15, 0.2) is 33.7 Å². The molecule has 23 heavy (non-hydrogen) atoms. The summed E-state index contributed by atoms with van der Waals surface area (Å²) in [5, 5.41) is 3.41. The van der Waals surface area contributed by atoms with Crippen LogP contribution in [0.2, 0.25) is 0 Å². The van der Waals surface area contributed by atoms with Crippen molar-refractivity contribution in [3.05, 3.63) is 34.3 Å². The van der Waals surface area contributed by atoms with Gasteiger partial charge in [0, 0.05) is 44.7 Å². The molecule has 1 heterocycles. The third kappa shape index (κ3) is 6.56. The number of nitrogens with zero attached hydrogens (tertiary/aromatic N) is 3. The zero-order valence-corrected chi connectivity index (χ0v) is 17.9. The van der Waals surface area contributed by atoms with Crippen LogP contribution in [0.25, 0.3) is 0 Å². The molecule has 130 valence electrons. The predicted octanol–water partition coefficient (Wildman–Crippen LogP) is 2.40. The number of halogens is 2. The van der Waals surface area contributed by atoms with Crippen molar-refractivity contribution in [3.63, 3.8) is 0 Å². The molecule has 1 unspecified atom stereocenters. The summed E-state index contributed by atoms with van der Waals surface area (Å²) in [5.41, 5.74) is 1.24. The summed E-state index contributed by atoms with van der Waals surface area (Å²) in [4.78, 5) is 8.78. The molecule has 1 saturated heterocycles. The van der Waals surface area contributed by atoms with Crippen LogP contribution in [-0.4, -0.2) is 69.2 Å². The summed E-state index contributed by atoms with van der Waals surface area (Å²) in [5.74, 6) is 0.882. The van der Waals surface area contributed by atoms with Crippen molar-refractivity contribution in [1.29, 1.82) is 0 Å². The third-order valence-corrected chi connectivity index (χ3v) is 4.54. The predicted molar refractivity (Wildman–Crippen MR) is 110 cm³/mol. The van der Waals surface area contributed by atoms with Gasteiger partial charge in [0.05, 0.1) is 12.7 Å². The molecule has 1 aromatic rings. The summed E-state index contributed by atoms with van der Waals surface area (Å²) in [6.45, 7) is 4.34. The van der Waals surface area contributed by atoms with Crippen molar-refractivity contribution >= 4 is 45.9 Å². The molecule has 5 nitrogen and oxygen atoms in total. The fourth-order valence-corrected chi connectivity index (χ4v) is 2.95. The summed E-state index contributed by atoms with van der Waals surface area (Å²) in [6.07, 6.45) is 0.215. The van der Waals surface area contributed by atoms with E-state index in [0.717, 1.165) is 43.2 Å². The van der Waals surface area contributed by atoms with E-state index in [9.17, 15) is 0 Å². The number of aliphatic imine (C=N–C) groups is 1. The fourth-order valence-electron chi connectivity index (χ4n) is 2.54. The second-order valence-corrected chi connectivity index (χ2v) is 6.48. The lowest BCUT2D eigenvalue weighted by Gasteiger charge is -2.31. The van der Waals surface area contributed by atoms with Gasteiger partial charge in [-0.25, -0.2) is 0 Å². The van der Waals surface area contributed by atoms with Gasteiger partial charge in [-0.3, -0.25) is 4.99 Å². The quantitative estimate of drug-likeness (QED) is 0.395. The number of likely N-dealkylation sites (N-methyl/N-ethyl adjacent to an activating group) is 1. The summed E-state index contributed by atoms with van der Waals surface area (Å²) in [7, 11) is 5.98. The van der Waals surface area contributed by atoms with Crippen LogP contribution in [0.4, 0.5) is 0 Å². The highest BCUT2D eigenvalue weighted by molar-refractivity contribution is 14.0. The maximum atomic E-state index is 5.78. The van der Waals surface area contributed by atoms with Crippen LogP contribution in [0.5, 0.6) is 0 Å². The smallest absolute Gasteiger partial charge is 0.193 e. The normalized spacial score (nSPS) is 19.1. The van der Waals surface area contributed by atoms with E-state index >= 15 is 0 Å². The van der Waals surface area contributed by atoms with E-state index in [4.69, 9.17) is 4.74 Å². The van der Waals surface area contributed by atoms with Crippen LogP contribution >= 0.6 is 39.9 Å². The van der Waals surface area contributed by atoms with Gasteiger partial charge in [0.1, 0.15) is 0 Å². The Bertz CT molecular complexity index is 515. The molecule has 0 aliphatic carbocycles. The van der Waals surface area contributed by atoms with Crippen molar-refractivity contribution < 1.29 is 4.74 Å². The molecular weight excluding hydrogens is 471 g/mol. The van der Waals surface area contributed by atoms with Crippen molar-refractivity contribution in [2.24, 2.45) is 4.99 Å². The standard InChI is InChI=1S/C16H25BrN4O.HI/c1-18-16(19-10-14-12-20(2)8-9-22-14)21(3)11-13-6-4-5-7-15(13)17;/h4-7,14H,8-12H2,1-3H3,(H,18,19);1H. The van der Waals surface area contributed by atoms with E-state index in [1.165, 1.54) is 5.56 Å². The first-order valence-electron chi connectivity index (χ1n) is 7.55. The first-order chi connectivity index (χ1) is 10.6. The molecule has 0 saturated carbocycles. The Balaban J connectivity index is 0.00000264. The molecule has 0 amide bonds. The maximum absolute atomic E-state index is 5.78. The summed E-state index contributed by atoms with van der Waals surface area (Å²) in [6, 6.07) is 8.26. The van der Waals surface area contributed by atoms with E-state index in [0.29, 0.717) is 0 Å². The number of nitrogens with one attached hydrogen (secondary N) is 1. The zero-order valence-electron chi connectivity index (χ0n) is 14.0. The number of ether oxygens (including phenoxy) is 1. The lowest BCUT2D eigenvalue weighted by Crippen LogP contribution is -2.48. The molecule has 1 fully saturated rings. The Morgan fingerprint density at radius 3 is 2.87 bits per heavy atom. The van der Waals surface area contributed by atoms with Crippen LogP contribution in [0, 0.1) is 0 Å². The first-order valence-corrected chi connectivity index (χ1v) is 8.34. The van der Waals surface area contributed by atoms with Crippen LogP contribution in [0.3, 0.4) is 0 Å². The Kier molecular flexibility index (Phi) is 9.41. The van der Waals surface area contributed by atoms with Crippen LogP contribution < -0.4 is 5.32 Å². The molecule has 1 aliphatic heterocycles. The van der Waals surface area contributed by atoms with Gasteiger partial charge in [-0.1, -0.05) is 34.1 Å². The van der Waals surface area contributed by atoms with Crippen molar-refractivity contribution in [2.75, 3.05) is 47.4 Å². The average Bonchev–Trinajstić information content (AvgIpc) is 2.50. The average molecular weight is 497 g/mol. The van der Waals surface area contributed by atoms with Crippen molar-refractivity contribution in [2.45, 2.75) is 12.6 Å². The van der Waals surface area contributed by atoms with E-state index < -0.39 is 0 Å². The minimum absolute atomic E-state index is 0. The number of hydrogen-bond donors (Lipinski definition) is 1. The Morgan fingerprint density at radius 1 is 1.48 bits per heavy atom. The molecule has 2 rings (SSSR count). The van der Waals surface area contributed by atoms with Crippen molar-refractivity contribution in [3.8, 4) is 0 Å². The molecular formula is C16H26BrIN4O. The number of rotatable bonds is 4. The third-order valence-electron chi connectivity index (χ3n) is 3.77. The molecule has 1 atom stereocenters. The van der Waals surface area contributed by atoms with Crippen molar-refractivity contribution in [1.82, 2.24) is 15.1 Å². The molecule has 0 radical (unpaired) electrons. The monoisotopic (exact) mass is 496 g/mol. The summed E-state index contributed by atoms with van der Waals surface area (Å²) < 4.78 is 6.90. The van der Waals surface area contributed by atoms with Gasteiger partial charge in [-0.2, -0.15) is 0 Å². The van der Waals surface area contributed by atoms with E-state index in [-0.39, 0.29) is 30.1 Å². The minimum atomic E-state index is 0. The lowest BCUT2D eigenvalue weighted by atomic mass is 10.2. The molecule has 1 aromatic carbocycles. The van der Waals surface area contributed by atoms with Crippen LogP contribution in [0.1, 0.15) is 5.56 Å². The van der Waals surface area contributed by atoms with Gasteiger partial charge in [-0.05, 0) is 18.7 Å². The fraction of sp³-hybridized carbons (Fsp3) is 0.562. The molecule has 0 aromatic heterocycles. The second-order valence-electron chi connectivity index (χ2n) is 5.63. The van der Waals surface area contributed by atoms with E-state index in [1.807, 2.05) is 20.2 Å². The van der Waals surface area contributed by atoms with E-state index in [1.54, 1.807) is 0 Å². The number of guanidine groups is 1. The van der Waals surface area contributed by atoms with Gasteiger partial charge in [0.25, 0.3) is 0 Å². The molecule has 1 N–H and O–H groups in total. The van der Waals surface area contributed by atoms with Gasteiger partial charge < -0.3 is 19.9 Å². The summed E-state index contributed by atoms with van der Waals surface area (Å²) >= 11 is 3.59. The topological polar surface area (TPSA) is 40.1 Å². The zero-order chi connectivity index (χ0) is 15.9. The van der Waals surface area contributed by atoms with Crippen LogP contribution in [-0.2, 0) is 11.3 Å². The Labute approximate surface area is 164 Å². The maximum Gasteiger partial charge on any atom is 0.193 e. The largest absolute Gasteiger partial charge is 0.374 e. The highest BCUT2D eigenvalue weighted by atomic mass is 127. The highest BCUT2D eigenvalue weighted by Gasteiger charge is 2.18. The van der Waals surface area contributed by atoms with Gasteiger partial charge >= 0.3 is 0 Å².